The van der Waals surface area contributed by atoms with E-state index < -0.39 is 42.4 Å². The number of nitro groups is 1. The van der Waals surface area contributed by atoms with Gasteiger partial charge >= 0.3 is 0 Å². The molecule has 0 bridgehead atoms. The van der Waals surface area contributed by atoms with E-state index in [1.807, 2.05) is 0 Å². The molecule has 0 radical (unpaired) electrons. The summed E-state index contributed by atoms with van der Waals surface area (Å²) in [5, 5.41) is 50.6. The van der Waals surface area contributed by atoms with Gasteiger partial charge in [0.1, 0.15) is 24.1 Å². The van der Waals surface area contributed by atoms with Crippen LogP contribution in [0.25, 0.3) is 0 Å². The molecule has 14 nitrogen and oxygen atoms in total. The lowest BCUT2D eigenvalue weighted by molar-refractivity contribution is -0.494. The van der Waals surface area contributed by atoms with Gasteiger partial charge < -0.3 is 20.1 Å². The van der Waals surface area contributed by atoms with Crippen molar-refractivity contribution in [1.82, 2.24) is 9.97 Å². The number of anilines is 3. The van der Waals surface area contributed by atoms with Crippen molar-refractivity contribution >= 4 is 17.3 Å². The van der Waals surface area contributed by atoms with Gasteiger partial charge in [-0.2, -0.15) is 0 Å². The number of fused-ring (bicyclic) bond motifs is 1. The highest BCUT2D eigenvalue weighted by atomic mass is 16.8. The second-order valence-electron chi connectivity index (χ2n) is 5.63. The van der Waals surface area contributed by atoms with Crippen LogP contribution in [0.1, 0.15) is 6.92 Å². The molecule has 25 heavy (non-hydrogen) atoms. The van der Waals surface area contributed by atoms with Crippen molar-refractivity contribution in [2.45, 2.75) is 31.0 Å². The minimum absolute atomic E-state index is 0.0652. The predicted octanol–water partition coefficient (Wildman–Crippen LogP) is -2.19. The molecule has 0 aromatic carbocycles. The van der Waals surface area contributed by atoms with E-state index in [0.717, 1.165) is 11.4 Å². The second kappa shape index (κ2) is 6.17. The van der Waals surface area contributed by atoms with Crippen molar-refractivity contribution in [2.24, 2.45) is 0 Å². The number of aromatic nitrogens is 2. The Bertz CT molecular complexity index is 674. The number of hydrogen-bond acceptors (Lipinski definition) is 12. The van der Waals surface area contributed by atoms with Gasteiger partial charge in [0.2, 0.25) is 6.29 Å². The smallest absolute Gasteiger partial charge is 0.215 e. The maximum atomic E-state index is 11.2. The molecule has 5 N–H and O–H groups in total. The van der Waals surface area contributed by atoms with Gasteiger partial charge in [0.05, 0.1) is 6.61 Å². The zero-order valence-electron chi connectivity index (χ0n) is 12.9. The van der Waals surface area contributed by atoms with Crippen molar-refractivity contribution in [3.63, 3.8) is 0 Å². The molecular formula is C11H16N6O8. The third-order valence-corrected chi connectivity index (χ3v) is 3.99. The molecule has 1 saturated heterocycles. The number of nitrogens with one attached hydrogen (secondary N) is 1. The maximum Gasteiger partial charge on any atom is 0.215 e. The highest BCUT2D eigenvalue weighted by Gasteiger charge is 2.55. The Labute approximate surface area is 139 Å². The van der Waals surface area contributed by atoms with Gasteiger partial charge in [-0.25, -0.2) is 30.0 Å². The van der Waals surface area contributed by atoms with Gasteiger partial charge in [0, 0.05) is 0 Å². The highest BCUT2D eigenvalue weighted by molar-refractivity contribution is 5.79. The number of nitrogens with zero attached hydrogens (tertiary/aromatic N) is 5. The molecule has 3 heterocycles. The standard InChI is InChI=1S/C11H16N6O8/c1-11(20)7(19)5(2-18)24-10(11)25-16-4-15(17(22)23)6-8(14-21)12-3-13-9(6)16/h3,5,7,10,18-21H,2,4H2,1H3,(H,12,13,14)/t5-,7-,10-,11-/m1/s1. The van der Waals surface area contributed by atoms with Crippen LogP contribution in [0.5, 0.6) is 0 Å². The average molecular weight is 360 g/mol. The number of hydrogen-bond donors (Lipinski definition) is 5. The first kappa shape index (κ1) is 17.5. The van der Waals surface area contributed by atoms with Crippen molar-refractivity contribution < 1.29 is 35.1 Å². The molecule has 3 rings (SSSR count). The van der Waals surface area contributed by atoms with Crippen molar-refractivity contribution in [3.05, 3.63) is 16.4 Å². The van der Waals surface area contributed by atoms with E-state index in [-0.39, 0.29) is 17.3 Å². The summed E-state index contributed by atoms with van der Waals surface area (Å²) in [4.78, 5) is 24.2. The van der Waals surface area contributed by atoms with E-state index in [4.69, 9.17) is 19.9 Å². The van der Waals surface area contributed by atoms with Gasteiger partial charge in [-0.1, -0.05) is 5.01 Å². The van der Waals surface area contributed by atoms with Gasteiger partial charge in [0.15, 0.2) is 29.0 Å². The summed E-state index contributed by atoms with van der Waals surface area (Å²) in [6.07, 6.45) is -2.92. The van der Waals surface area contributed by atoms with Crippen LogP contribution in [0.2, 0.25) is 0 Å². The van der Waals surface area contributed by atoms with Crippen molar-refractivity contribution in [1.29, 1.82) is 0 Å². The van der Waals surface area contributed by atoms with Crippen LogP contribution in [-0.2, 0) is 9.57 Å². The first-order chi connectivity index (χ1) is 11.8. The monoisotopic (exact) mass is 360 g/mol. The molecule has 4 atom stereocenters. The summed E-state index contributed by atoms with van der Waals surface area (Å²) in [5.41, 5.74) is -0.316. The van der Waals surface area contributed by atoms with Gasteiger partial charge in [0.25, 0.3) is 0 Å². The molecule has 0 amide bonds. The average Bonchev–Trinajstić information content (AvgIpc) is 3.05. The van der Waals surface area contributed by atoms with Crippen LogP contribution in [0.4, 0.5) is 17.3 Å². The number of rotatable bonds is 5. The molecule has 2 aliphatic heterocycles. The molecule has 2 aliphatic rings. The fourth-order valence-corrected chi connectivity index (χ4v) is 2.62. The quantitative estimate of drug-likeness (QED) is 0.282. The number of aliphatic hydroxyl groups excluding tert-OH is 2. The van der Waals surface area contributed by atoms with Gasteiger partial charge in [-0.05, 0) is 6.92 Å². The Kier molecular flexibility index (Phi) is 4.31. The molecule has 0 saturated carbocycles. The maximum absolute atomic E-state index is 11.2. The van der Waals surface area contributed by atoms with E-state index in [1.54, 1.807) is 5.48 Å². The Balaban J connectivity index is 1.89. The number of hydrazine groups is 1. The first-order valence-corrected chi connectivity index (χ1v) is 7.09. The van der Waals surface area contributed by atoms with E-state index >= 15 is 0 Å². The van der Waals surface area contributed by atoms with Crippen LogP contribution in [0.3, 0.4) is 0 Å². The molecule has 14 heteroatoms. The van der Waals surface area contributed by atoms with E-state index in [0.29, 0.717) is 5.01 Å². The molecule has 1 fully saturated rings. The largest absolute Gasteiger partial charge is 0.394 e. The zero-order valence-corrected chi connectivity index (χ0v) is 12.9. The van der Waals surface area contributed by atoms with Crippen LogP contribution >= 0.6 is 0 Å². The number of ether oxygens (including phenoxy) is 1. The van der Waals surface area contributed by atoms with Gasteiger partial charge in [-0.15, -0.1) is 0 Å². The molecule has 1 aromatic rings. The summed E-state index contributed by atoms with van der Waals surface area (Å²) in [6.45, 7) is 0.224. The van der Waals surface area contributed by atoms with Crippen LogP contribution in [-0.4, -0.2) is 72.9 Å². The lowest BCUT2D eigenvalue weighted by atomic mass is 9.98. The fraction of sp³-hybridized carbons (Fsp3) is 0.636. The third kappa shape index (κ3) is 2.70. The normalized spacial score (nSPS) is 31.3. The zero-order chi connectivity index (χ0) is 18.4. The molecule has 138 valence electrons. The number of aliphatic hydroxyl groups is 3. The third-order valence-electron chi connectivity index (χ3n) is 3.99. The molecular weight excluding hydrogens is 344 g/mol. The van der Waals surface area contributed by atoms with E-state index in [1.165, 1.54) is 6.92 Å². The predicted molar refractivity (Wildman–Crippen MR) is 77.7 cm³/mol. The second-order valence-corrected chi connectivity index (χ2v) is 5.63. The summed E-state index contributed by atoms with van der Waals surface area (Å²) in [5.74, 6) is -0.287. The Morgan fingerprint density at radius 1 is 1.60 bits per heavy atom. The minimum atomic E-state index is -1.89. The van der Waals surface area contributed by atoms with Gasteiger partial charge in [-0.3, -0.25) is 10.7 Å². The lowest BCUT2D eigenvalue weighted by Gasteiger charge is -2.28. The summed E-state index contributed by atoms with van der Waals surface area (Å²) in [6, 6.07) is 0. The summed E-state index contributed by atoms with van der Waals surface area (Å²) < 4.78 is 5.26. The van der Waals surface area contributed by atoms with E-state index in [2.05, 4.69) is 9.97 Å². The van der Waals surface area contributed by atoms with E-state index in [9.17, 15) is 20.3 Å². The molecule has 1 aromatic heterocycles. The van der Waals surface area contributed by atoms with Crippen molar-refractivity contribution in [3.8, 4) is 0 Å². The first-order valence-electron chi connectivity index (χ1n) is 7.09. The SMILES string of the molecule is C[C@]1(O)[C@@H](ON2CN([N+](=O)[O-])c3c(NO)ncnc32)O[C@H](CO)[C@H]1O. The Hall–Kier alpha value is -2.36. The molecule has 0 spiro atoms. The highest BCUT2D eigenvalue weighted by Crippen LogP contribution is 2.41. The lowest BCUT2D eigenvalue weighted by Crippen LogP contribution is -2.49. The minimum Gasteiger partial charge on any atom is -0.394 e. The Morgan fingerprint density at radius 3 is 2.88 bits per heavy atom. The van der Waals surface area contributed by atoms with Crippen molar-refractivity contribution in [2.75, 3.05) is 28.8 Å². The Morgan fingerprint density at radius 2 is 2.32 bits per heavy atom. The summed E-state index contributed by atoms with van der Waals surface area (Å²) in [7, 11) is 0. The van der Waals surface area contributed by atoms with Crippen LogP contribution in [0.15, 0.2) is 6.33 Å². The summed E-state index contributed by atoms with van der Waals surface area (Å²) >= 11 is 0. The van der Waals surface area contributed by atoms with Crippen LogP contribution in [0, 0.1) is 10.1 Å². The molecule has 0 aliphatic carbocycles. The molecule has 0 unspecified atom stereocenters. The number of hydroxylamine groups is 1. The fourth-order valence-electron chi connectivity index (χ4n) is 2.62. The topological polar surface area (TPSA) is 187 Å². The van der Waals surface area contributed by atoms with Crippen LogP contribution < -0.4 is 15.6 Å².